The van der Waals surface area contributed by atoms with Crippen LogP contribution in [-0.4, -0.2) is 22.2 Å². The monoisotopic (exact) mass is 343 g/mol. The predicted molar refractivity (Wildman–Crippen MR) is 80.5 cm³/mol. The van der Waals surface area contributed by atoms with Crippen LogP contribution in [-0.2, 0) is 25.6 Å². The van der Waals surface area contributed by atoms with Crippen molar-refractivity contribution in [1.29, 1.82) is 0 Å². The molecule has 1 amide bonds. The van der Waals surface area contributed by atoms with Crippen LogP contribution in [0.25, 0.3) is 0 Å². The topological polar surface area (TPSA) is 46.9 Å². The van der Waals surface area contributed by atoms with Crippen LogP contribution in [0, 0.1) is 0 Å². The van der Waals surface area contributed by atoms with Crippen molar-refractivity contribution >= 4 is 17.2 Å². The van der Waals surface area contributed by atoms with Crippen molar-refractivity contribution in [3.8, 4) is 0 Å². The van der Waals surface area contributed by atoms with E-state index in [1.165, 1.54) is 16.0 Å². The Bertz CT molecular complexity index is 692. The number of alkyl halides is 3. The van der Waals surface area contributed by atoms with Gasteiger partial charge in [0.25, 0.3) is 5.91 Å². The van der Waals surface area contributed by atoms with E-state index in [1.807, 2.05) is 0 Å². The fourth-order valence-electron chi connectivity index (χ4n) is 2.85. The summed E-state index contributed by atoms with van der Waals surface area (Å²) < 4.78 is 40.7. The highest BCUT2D eigenvalue weighted by Crippen LogP contribution is 2.35. The molecule has 3 rings (SSSR count). The third-order valence-corrected chi connectivity index (χ3v) is 4.75. The fourth-order valence-corrected chi connectivity index (χ4v) is 3.49. The van der Waals surface area contributed by atoms with Crippen molar-refractivity contribution in [3.05, 3.63) is 39.3 Å². The second-order valence-electron chi connectivity index (χ2n) is 5.44. The molecule has 2 aromatic heterocycles. The third-order valence-electron chi connectivity index (χ3n) is 3.88. The third kappa shape index (κ3) is 3.41. The molecule has 124 valence electrons. The first-order valence-corrected chi connectivity index (χ1v) is 8.32. The Kier molecular flexibility index (Phi) is 4.43. The van der Waals surface area contributed by atoms with E-state index in [9.17, 15) is 18.0 Å². The summed E-state index contributed by atoms with van der Waals surface area (Å²) in [5, 5.41) is 8.28. The molecule has 2 aromatic rings. The summed E-state index contributed by atoms with van der Waals surface area (Å²) in [5.41, 5.74) is 0.221. The van der Waals surface area contributed by atoms with E-state index in [0.717, 1.165) is 12.8 Å². The molecule has 0 radical (unpaired) electrons. The van der Waals surface area contributed by atoms with Gasteiger partial charge in [-0.2, -0.15) is 18.3 Å². The van der Waals surface area contributed by atoms with Gasteiger partial charge in [-0.25, -0.2) is 0 Å². The van der Waals surface area contributed by atoms with E-state index >= 15 is 0 Å². The molecule has 0 fully saturated rings. The Balaban J connectivity index is 1.70. The Morgan fingerprint density at radius 3 is 2.83 bits per heavy atom. The molecule has 0 saturated carbocycles. The normalized spacial score (nSPS) is 14.6. The average Bonchev–Trinajstić information content (AvgIpc) is 3.14. The van der Waals surface area contributed by atoms with Gasteiger partial charge in [-0.3, -0.25) is 9.48 Å². The number of hydrogen-bond acceptors (Lipinski definition) is 3. The summed E-state index contributed by atoms with van der Waals surface area (Å²) >= 11 is 1.32. The van der Waals surface area contributed by atoms with Crippen LogP contribution in [0.3, 0.4) is 0 Å². The Labute approximate surface area is 135 Å². The molecule has 0 aromatic carbocycles. The lowest BCUT2D eigenvalue weighted by Crippen LogP contribution is -2.27. The molecule has 2 heterocycles. The Hall–Kier alpha value is -1.83. The number of hydrogen-bond donors (Lipinski definition) is 1. The van der Waals surface area contributed by atoms with Crippen molar-refractivity contribution in [1.82, 2.24) is 15.1 Å². The first-order chi connectivity index (χ1) is 11.0. The van der Waals surface area contributed by atoms with Gasteiger partial charge >= 0.3 is 6.18 Å². The first kappa shape index (κ1) is 16.0. The van der Waals surface area contributed by atoms with Crippen LogP contribution in [0.5, 0.6) is 0 Å². The van der Waals surface area contributed by atoms with Gasteiger partial charge < -0.3 is 5.32 Å². The van der Waals surface area contributed by atoms with Crippen molar-refractivity contribution < 1.29 is 18.0 Å². The largest absolute Gasteiger partial charge is 0.435 e. The summed E-state index contributed by atoms with van der Waals surface area (Å²) in [7, 11) is 0. The molecule has 23 heavy (non-hydrogen) atoms. The lowest BCUT2D eigenvalue weighted by atomic mass is 9.95. The highest BCUT2D eigenvalue weighted by Gasteiger charge is 2.39. The van der Waals surface area contributed by atoms with Crippen LogP contribution in [0.15, 0.2) is 17.5 Å². The number of aromatic nitrogens is 2. The zero-order valence-electron chi connectivity index (χ0n) is 12.3. The minimum atomic E-state index is -4.42. The van der Waals surface area contributed by atoms with Gasteiger partial charge in [0.15, 0.2) is 5.69 Å². The maximum absolute atomic E-state index is 13.1. The van der Waals surface area contributed by atoms with E-state index in [1.54, 1.807) is 17.5 Å². The minimum absolute atomic E-state index is 0.211. The lowest BCUT2D eigenvalue weighted by Gasteiger charge is -2.14. The molecule has 0 unspecified atom stereocenters. The number of rotatable bonds is 4. The molecule has 1 aliphatic carbocycles. The molecular formula is C15H16F3N3OS. The summed E-state index contributed by atoms with van der Waals surface area (Å²) in [6, 6.07) is 3.48. The van der Waals surface area contributed by atoms with E-state index in [-0.39, 0.29) is 19.0 Å². The van der Waals surface area contributed by atoms with Gasteiger partial charge in [-0.05, 0) is 37.1 Å². The molecule has 1 aliphatic rings. The quantitative estimate of drug-likeness (QED) is 0.926. The van der Waals surface area contributed by atoms with Crippen molar-refractivity contribution in [2.75, 3.05) is 6.54 Å². The van der Waals surface area contributed by atoms with Crippen molar-refractivity contribution in [2.45, 2.75) is 38.4 Å². The van der Waals surface area contributed by atoms with Crippen LogP contribution in [0.1, 0.15) is 39.5 Å². The van der Waals surface area contributed by atoms with Gasteiger partial charge in [-0.1, -0.05) is 6.07 Å². The average molecular weight is 343 g/mol. The van der Waals surface area contributed by atoms with Crippen molar-refractivity contribution in [3.63, 3.8) is 0 Å². The maximum atomic E-state index is 13.1. The van der Waals surface area contributed by atoms with Crippen LogP contribution in [0.2, 0.25) is 0 Å². The fraction of sp³-hybridized carbons (Fsp3) is 0.467. The van der Waals surface area contributed by atoms with Gasteiger partial charge in [0.2, 0.25) is 0 Å². The molecule has 0 atom stereocenters. The number of nitrogens with one attached hydrogen (secondary N) is 1. The minimum Gasteiger partial charge on any atom is -0.349 e. The molecular weight excluding hydrogens is 327 g/mol. The van der Waals surface area contributed by atoms with Crippen molar-refractivity contribution in [2.24, 2.45) is 0 Å². The molecule has 4 nitrogen and oxygen atoms in total. The summed E-state index contributed by atoms with van der Waals surface area (Å²) in [4.78, 5) is 12.4. The Morgan fingerprint density at radius 1 is 1.35 bits per heavy atom. The number of halogens is 3. The van der Waals surface area contributed by atoms with Crippen LogP contribution in [0.4, 0.5) is 13.2 Å². The number of carbonyl (C=O) groups is 1. The summed E-state index contributed by atoms with van der Waals surface area (Å²) in [5.74, 6) is -0.211. The second-order valence-corrected chi connectivity index (χ2v) is 6.38. The SMILES string of the molecule is O=C(NCCn1nc(C(F)(F)F)c2c1CCCC2)c1cccs1. The number of thiophene rings is 1. The zero-order chi connectivity index (χ0) is 16.4. The summed E-state index contributed by atoms with van der Waals surface area (Å²) in [6.07, 6.45) is -1.76. The molecule has 0 bridgehead atoms. The van der Waals surface area contributed by atoms with E-state index in [2.05, 4.69) is 10.4 Å². The van der Waals surface area contributed by atoms with Crippen LogP contribution >= 0.6 is 11.3 Å². The van der Waals surface area contributed by atoms with Gasteiger partial charge in [0.05, 0.1) is 11.4 Å². The predicted octanol–water partition coefficient (Wildman–Crippen LogP) is 3.27. The maximum Gasteiger partial charge on any atom is 0.435 e. The van der Waals surface area contributed by atoms with Gasteiger partial charge in [-0.15, -0.1) is 11.3 Å². The molecule has 0 aliphatic heterocycles. The highest BCUT2D eigenvalue weighted by molar-refractivity contribution is 7.12. The number of nitrogens with zero attached hydrogens (tertiary/aromatic N) is 2. The number of carbonyl (C=O) groups excluding carboxylic acids is 1. The number of amides is 1. The Morgan fingerprint density at radius 2 is 2.13 bits per heavy atom. The smallest absolute Gasteiger partial charge is 0.349 e. The molecule has 0 saturated heterocycles. The standard InChI is InChI=1S/C15H16F3N3OS/c16-15(17,18)13-10-4-1-2-5-11(10)21(20-13)8-7-19-14(22)12-6-3-9-23-12/h3,6,9H,1-2,4-5,7-8H2,(H,19,22). The van der Waals surface area contributed by atoms with Gasteiger partial charge in [0, 0.05) is 17.8 Å². The molecule has 1 N–H and O–H groups in total. The van der Waals surface area contributed by atoms with Crippen LogP contribution < -0.4 is 5.32 Å². The van der Waals surface area contributed by atoms with E-state index in [0.29, 0.717) is 29.0 Å². The second kappa shape index (κ2) is 6.35. The van der Waals surface area contributed by atoms with E-state index < -0.39 is 11.9 Å². The number of fused-ring (bicyclic) bond motifs is 1. The zero-order valence-corrected chi connectivity index (χ0v) is 13.1. The molecule has 0 spiro atoms. The first-order valence-electron chi connectivity index (χ1n) is 7.44. The van der Waals surface area contributed by atoms with E-state index in [4.69, 9.17) is 0 Å². The lowest BCUT2D eigenvalue weighted by molar-refractivity contribution is -0.142. The summed E-state index contributed by atoms with van der Waals surface area (Å²) in [6.45, 7) is 0.498. The molecule has 8 heteroatoms. The highest BCUT2D eigenvalue weighted by atomic mass is 32.1. The van der Waals surface area contributed by atoms with Gasteiger partial charge in [0.1, 0.15) is 0 Å².